The van der Waals surface area contributed by atoms with Crippen LogP contribution in [0.5, 0.6) is 0 Å². The zero-order chi connectivity index (χ0) is 15.7. The summed E-state index contributed by atoms with van der Waals surface area (Å²) in [6.45, 7) is 1.96. The molecule has 1 aromatic carbocycles. The van der Waals surface area contributed by atoms with E-state index >= 15 is 0 Å². The number of aliphatic hydroxyl groups is 1. The van der Waals surface area contributed by atoms with Gasteiger partial charge in [0.15, 0.2) is 0 Å². The number of amides is 1. The fraction of sp³-hybridized carbons (Fsp3) is 0.357. The SMILES string of the molecule is CCNC(=O)CCNS(=O)(=O)c1ccccc1C#CCO. The Hall–Kier alpha value is -1.88. The lowest BCUT2D eigenvalue weighted by Gasteiger charge is -2.08. The van der Waals surface area contributed by atoms with E-state index in [1.807, 2.05) is 0 Å². The van der Waals surface area contributed by atoms with E-state index in [4.69, 9.17) is 5.11 Å². The van der Waals surface area contributed by atoms with Crippen molar-refractivity contribution in [2.24, 2.45) is 0 Å². The summed E-state index contributed by atoms with van der Waals surface area (Å²) in [5.41, 5.74) is 0.303. The standard InChI is InChI=1S/C14H18N2O4S/c1-2-15-14(18)9-10-16-21(19,20)13-8-4-3-6-12(13)7-5-11-17/h3-4,6,8,16-17H,2,9-11H2,1H3,(H,15,18). The zero-order valence-corrected chi connectivity index (χ0v) is 12.5. The molecule has 0 unspecified atom stereocenters. The molecule has 7 heteroatoms. The molecule has 0 radical (unpaired) electrons. The van der Waals surface area contributed by atoms with Crippen molar-refractivity contribution in [2.45, 2.75) is 18.2 Å². The first-order chi connectivity index (χ1) is 10.0. The van der Waals surface area contributed by atoms with Crippen LogP contribution in [0.3, 0.4) is 0 Å². The number of rotatable bonds is 6. The summed E-state index contributed by atoms with van der Waals surface area (Å²) in [6, 6.07) is 6.23. The molecule has 1 aromatic rings. The Morgan fingerprint density at radius 3 is 2.71 bits per heavy atom. The fourth-order valence-corrected chi connectivity index (χ4v) is 2.79. The van der Waals surface area contributed by atoms with Crippen molar-refractivity contribution in [3.05, 3.63) is 29.8 Å². The molecule has 3 N–H and O–H groups in total. The Balaban J connectivity index is 2.81. The second-order valence-corrected chi connectivity index (χ2v) is 5.79. The highest BCUT2D eigenvalue weighted by Crippen LogP contribution is 2.14. The average Bonchev–Trinajstić information content (AvgIpc) is 2.45. The molecule has 21 heavy (non-hydrogen) atoms. The van der Waals surface area contributed by atoms with Gasteiger partial charge in [-0.3, -0.25) is 4.79 Å². The van der Waals surface area contributed by atoms with Crippen LogP contribution in [0.1, 0.15) is 18.9 Å². The van der Waals surface area contributed by atoms with Gasteiger partial charge in [-0.15, -0.1) is 0 Å². The third-order valence-electron chi connectivity index (χ3n) is 2.50. The molecule has 0 atom stereocenters. The molecule has 0 fully saturated rings. The first-order valence-electron chi connectivity index (χ1n) is 6.46. The second-order valence-electron chi connectivity index (χ2n) is 4.06. The van der Waals surface area contributed by atoms with Gasteiger partial charge in [-0.1, -0.05) is 24.0 Å². The summed E-state index contributed by atoms with van der Waals surface area (Å²) in [5.74, 6) is 4.79. The Bertz CT molecular complexity index is 644. The molecule has 0 aliphatic rings. The molecular formula is C14H18N2O4S. The molecule has 0 spiro atoms. The summed E-state index contributed by atoms with van der Waals surface area (Å²) < 4.78 is 26.7. The topological polar surface area (TPSA) is 95.5 Å². The number of nitrogens with one attached hydrogen (secondary N) is 2. The molecule has 0 bridgehead atoms. The van der Waals surface area contributed by atoms with Crippen molar-refractivity contribution >= 4 is 15.9 Å². The second kappa shape index (κ2) is 8.42. The van der Waals surface area contributed by atoms with E-state index < -0.39 is 10.0 Å². The molecule has 6 nitrogen and oxygen atoms in total. The smallest absolute Gasteiger partial charge is 0.241 e. The molecule has 0 saturated carbocycles. The maximum atomic E-state index is 12.2. The predicted molar refractivity (Wildman–Crippen MR) is 78.9 cm³/mol. The Morgan fingerprint density at radius 2 is 2.05 bits per heavy atom. The van der Waals surface area contributed by atoms with Crippen molar-refractivity contribution in [1.29, 1.82) is 0 Å². The van der Waals surface area contributed by atoms with Crippen LogP contribution >= 0.6 is 0 Å². The van der Waals surface area contributed by atoms with Crippen LogP contribution in [0.15, 0.2) is 29.2 Å². The van der Waals surface area contributed by atoms with Gasteiger partial charge in [0.1, 0.15) is 6.61 Å². The maximum absolute atomic E-state index is 12.2. The first kappa shape index (κ1) is 17.2. The summed E-state index contributed by atoms with van der Waals surface area (Å²) in [5, 5.41) is 11.3. The van der Waals surface area contributed by atoms with Crippen LogP contribution in [0.2, 0.25) is 0 Å². The highest BCUT2D eigenvalue weighted by Gasteiger charge is 2.17. The Labute approximate surface area is 124 Å². The lowest BCUT2D eigenvalue weighted by molar-refractivity contribution is -0.120. The highest BCUT2D eigenvalue weighted by molar-refractivity contribution is 7.89. The van der Waals surface area contributed by atoms with Crippen molar-refractivity contribution < 1.29 is 18.3 Å². The van der Waals surface area contributed by atoms with E-state index in [-0.39, 0.29) is 30.4 Å². The van der Waals surface area contributed by atoms with Gasteiger partial charge in [0.05, 0.1) is 4.90 Å². The molecule has 0 aliphatic carbocycles. The minimum absolute atomic E-state index is 0.00985. The monoisotopic (exact) mass is 310 g/mol. The Morgan fingerprint density at radius 1 is 1.33 bits per heavy atom. The minimum atomic E-state index is -3.75. The molecule has 0 aromatic heterocycles. The van der Waals surface area contributed by atoms with Crippen LogP contribution in [0.25, 0.3) is 0 Å². The minimum Gasteiger partial charge on any atom is -0.384 e. The van der Waals surface area contributed by atoms with E-state index in [0.29, 0.717) is 12.1 Å². The van der Waals surface area contributed by atoms with Crippen LogP contribution in [-0.4, -0.2) is 39.1 Å². The third-order valence-corrected chi connectivity index (χ3v) is 4.02. The lowest BCUT2D eigenvalue weighted by atomic mass is 10.2. The van der Waals surface area contributed by atoms with Crippen molar-refractivity contribution in [1.82, 2.24) is 10.0 Å². The molecule has 114 valence electrons. The van der Waals surface area contributed by atoms with Gasteiger partial charge in [0.2, 0.25) is 15.9 Å². The zero-order valence-electron chi connectivity index (χ0n) is 11.7. The first-order valence-corrected chi connectivity index (χ1v) is 7.94. The summed E-state index contributed by atoms with van der Waals surface area (Å²) in [4.78, 5) is 11.3. The summed E-state index contributed by atoms with van der Waals surface area (Å²) in [7, 11) is -3.75. The molecule has 0 heterocycles. The summed E-state index contributed by atoms with van der Waals surface area (Å²) in [6.07, 6.45) is 0.0670. The van der Waals surface area contributed by atoms with E-state index in [0.717, 1.165) is 0 Å². The quantitative estimate of drug-likeness (QED) is 0.636. The summed E-state index contributed by atoms with van der Waals surface area (Å²) >= 11 is 0. The molecule has 0 saturated heterocycles. The van der Waals surface area contributed by atoms with Gasteiger partial charge in [0.25, 0.3) is 0 Å². The number of sulfonamides is 1. The van der Waals surface area contributed by atoms with Gasteiger partial charge in [-0.05, 0) is 19.1 Å². The van der Waals surface area contributed by atoms with Crippen molar-refractivity contribution in [3.8, 4) is 11.8 Å². The van der Waals surface area contributed by atoms with E-state index in [1.54, 1.807) is 25.1 Å². The van der Waals surface area contributed by atoms with Gasteiger partial charge in [-0.2, -0.15) is 0 Å². The van der Waals surface area contributed by atoms with E-state index in [1.165, 1.54) is 6.07 Å². The van der Waals surface area contributed by atoms with Crippen LogP contribution < -0.4 is 10.0 Å². The van der Waals surface area contributed by atoms with E-state index in [2.05, 4.69) is 21.9 Å². The van der Waals surface area contributed by atoms with Crippen LogP contribution in [0.4, 0.5) is 0 Å². The van der Waals surface area contributed by atoms with Gasteiger partial charge in [0, 0.05) is 25.1 Å². The van der Waals surface area contributed by atoms with Crippen LogP contribution in [-0.2, 0) is 14.8 Å². The van der Waals surface area contributed by atoms with Gasteiger partial charge >= 0.3 is 0 Å². The average molecular weight is 310 g/mol. The third kappa shape index (κ3) is 5.55. The normalized spacial score (nSPS) is 10.6. The van der Waals surface area contributed by atoms with Crippen molar-refractivity contribution in [2.75, 3.05) is 19.7 Å². The number of carbonyl (C=O) groups is 1. The Kier molecular flexibility index (Phi) is 6.88. The van der Waals surface area contributed by atoms with Crippen LogP contribution in [0, 0.1) is 11.8 Å². The maximum Gasteiger partial charge on any atom is 0.241 e. The number of hydrogen-bond acceptors (Lipinski definition) is 4. The van der Waals surface area contributed by atoms with Crippen molar-refractivity contribution in [3.63, 3.8) is 0 Å². The van der Waals surface area contributed by atoms with E-state index in [9.17, 15) is 13.2 Å². The highest BCUT2D eigenvalue weighted by atomic mass is 32.2. The molecule has 1 rings (SSSR count). The lowest BCUT2D eigenvalue weighted by Crippen LogP contribution is -2.31. The molecular weight excluding hydrogens is 292 g/mol. The fourth-order valence-electron chi connectivity index (χ4n) is 1.60. The number of aliphatic hydroxyl groups excluding tert-OH is 1. The number of hydrogen-bond donors (Lipinski definition) is 3. The molecule has 1 amide bonds. The number of benzene rings is 1. The predicted octanol–water partition coefficient (Wildman–Crippen LogP) is -0.165. The molecule has 0 aliphatic heterocycles. The number of carbonyl (C=O) groups excluding carboxylic acids is 1. The largest absolute Gasteiger partial charge is 0.384 e. The van der Waals surface area contributed by atoms with Gasteiger partial charge < -0.3 is 10.4 Å². The van der Waals surface area contributed by atoms with Gasteiger partial charge in [-0.25, -0.2) is 13.1 Å².